The van der Waals surface area contributed by atoms with E-state index >= 15 is 0 Å². The van der Waals surface area contributed by atoms with E-state index in [1.165, 1.54) is 19.2 Å². The molecule has 0 bridgehead atoms. The van der Waals surface area contributed by atoms with Crippen LogP contribution >= 0.6 is 0 Å². The number of carbonyl (C=O) groups is 2. The number of benzene rings is 1. The van der Waals surface area contributed by atoms with E-state index in [4.69, 9.17) is 5.73 Å². The Balaban J connectivity index is 2.22. The fourth-order valence-corrected chi connectivity index (χ4v) is 2.70. The second kappa shape index (κ2) is 6.22. The van der Waals surface area contributed by atoms with Gasteiger partial charge < -0.3 is 15.8 Å². The molecule has 0 heterocycles. The van der Waals surface area contributed by atoms with Crippen molar-refractivity contribution >= 4 is 17.6 Å². The molecule has 1 aliphatic rings. The van der Waals surface area contributed by atoms with Gasteiger partial charge in [0, 0.05) is 6.54 Å². The van der Waals surface area contributed by atoms with Crippen LogP contribution in [0.3, 0.4) is 0 Å². The largest absolute Gasteiger partial charge is 0.465 e. The number of amides is 1. The van der Waals surface area contributed by atoms with E-state index in [1.807, 2.05) is 0 Å². The van der Waals surface area contributed by atoms with Crippen LogP contribution in [0.4, 0.5) is 10.1 Å². The van der Waals surface area contributed by atoms with Gasteiger partial charge in [0.2, 0.25) is 5.91 Å². The SMILES string of the molecule is COC(=O)c1ccc(F)c(NC(=O)C2(CN)CCCC2)c1. The van der Waals surface area contributed by atoms with Crippen LogP contribution in [0, 0.1) is 11.2 Å². The number of methoxy groups -OCH3 is 1. The van der Waals surface area contributed by atoms with E-state index in [1.54, 1.807) is 0 Å². The summed E-state index contributed by atoms with van der Waals surface area (Å²) in [5, 5.41) is 2.56. The molecular formula is C15H19FN2O3. The summed E-state index contributed by atoms with van der Waals surface area (Å²) in [5.74, 6) is -1.47. The molecule has 1 aromatic carbocycles. The van der Waals surface area contributed by atoms with Crippen LogP contribution in [0.1, 0.15) is 36.0 Å². The van der Waals surface area contributed by atoms with Gasteiger partial charge in [0.05, 0.1) is 23.8 Å². The number of nitrogens with one attached hydrogen (secondary N) is 1. The number of nitrogens with two attached hydrogens (primary N) is 1. The molecule has 6 heteroatoms. The van der Waals surface area contributed by atoms with Gasteiger partial charge in [0.25, 0.3) is 0 Å². The van der Waals surface area contributed by atoms with Gasteiger partial charge in [-0.1, -0.05) is 12.8 Å². The summed E-state index contributed by atoms with van der Waals surface area (Å²) in [5.41, 5.74) is 5.26. The number of hydrogen-bond acceptors (Lipinski definition) is 4. The zero-order valence-electron chi connectivity index (χ0n) is 11.9. The average Bonchev–Trinajstić information content (AvgIpc) is 2.98. The molecule has 0 aliphatic heterocycles. The van der Waals surface area contributed by atoms with Crippen LogP contribution in [-0.2, 0) is 9.53 Å². The summed E-state index contributed by atoms with van der Waals surface area (Å²) in [6, 6.07) is 3.72. The first-order chi connectivity index (χ1) is 10.0. The number of esters is 1. The lowest BCUT2D eigenvalue weighted by Crippen LogP contribution is -2.40. The maximum Gasteiger partial charge on any atom is 0.337 e. The van der Waals surface area contributed by atoms with Crippen LogP contribution in [0.25, 0.3) is 0 Å². The molecule has 0 aromatic heterocycles. The Kier molecular flexibility index (Phi) is 4.57. The average molecular weight is 294 g/mol. The molecule has 1 fully saturated rings. The molecule has 114 valence electrons. The van der Waals surface area contributed by atoms with Gasteiger partial charge in [0.1, 0.15) is 5.82 Å². The third-order valence-electron chi connectivity index (χ3n) is 4.07. The maximum absolute atomic E-state index is 13.8. The molecule has 0 unspecified atom stereocenters. The lowest BCUT2D eigenvalue weighted by Gasteiger charge is -2.25. The van der Waals surface area contributed by atoms with Crippen molar-refractivity contribution in [2.24, 2.45) is 11.1 Å². The number of hydrogen-bond donors (Lipinski definition) is 2. The summed E-state index contributed by atoms with van der Waals surface area (Å²) in [6.45, 7) is 0.233. The van der Waals surface area contributed by atoms with Crippen molar-refractivity contribution in [3.63, 3.8) is 0 Å². The van der Waals surface area contributed by atoms with Crippen LogP contribution in [-0.4, -0.2) is 25.5 Å². The van der Waals surface area contributed by atoms with Crippen molar-refractivity contribution in [3.05, 3.63) is 29.6 Å². The normalized spacial score (nSPS) is 16.5. The summed E-state index contributed by atoms with van der Waals surface area (Å²) >= 11 is 0. The van der Waals surface area contributed by atoms with Crippen molar-refractivity contribution in [1.82, 2.24) is 0 Å². The number of ether oxygens (including phenoxy) is 1. The molecule has 5 nitrogen and oxygen atoms in total. The fraction of sp³-hybridized carbons (Fsp3) is 0.467. The molecule has 0 saturated heterocycles. The van der Waals surface area contributed by atoms with E-state index in [0.717, 1.165) is 18.9 Å². The van der Waals surface area contributed by atoms with Gasteiger partial charge in [-0.2, -0.15) is 0 Å². The highest BCUT2D eigenvalue weighted by Gasteiger charge is 2.40. The number of rotatable bonds is 4. The van der Waals surface area contributed by atoms with Crippen LogP contribution < -0.4 is 11.1 Å². The predicted molar refractivity (Wildman–Crippen MR) is 76.3 cm³/mol. The molecule has 21 heavy (non-hydrogen) atoms. The third-order valence-corrected chi connectivity index (χ3v) is 4.07. The summed E-state index contributed by atoms with van der Waals surface area (Å²) in [7, 11) is 1.24. The molecule has 2 rings (SSSR count). The van der Waals surface area contributed by atoms with Crippen molar-refractivity contribution in [2.75, 3.05) is 19.0 Å². The Hall–Kier alpha value is -1.95. The molecule has 0 radical (unpaired) electrons. The molecule has 1 amide bonds. The van der Waals surface area contributed by atoms with E-state index in [0.29, 0.717) is 12.8 Å². The first-order valence-electron chi connectivity index (χ1n) is 6.92. The first kappa shape index (κ1) is 15.4. The van der Waals surface area contributed by atoms with Crippen LogP contribution in [0.2, 0.25) is 0 Å². The molecule has 1 aromatic rings. The Bertz CT molecular complexity index is 554. The fourth-order valence-electron chi connectivity index (χ4n) is 2.70. The van der Waals surface area contributed by atoms with Gasteiger partial charge in [0.15, 0.2) is 0 Å². The lowest BCUT2D eigenvalue weighted by molar-refractivity contribution is -0.124. The highest BCUT2D eigenvalue weighted by Crippen LogP contribution is 2.38. The van der Waals surface area contributed by atoms with Crippen molar-refractivity contribution in [1.29, 1.82) is 0 Å². The summed E-state index contributed by atoms with van der Waals surface area (Å²) < 4.78 is 18.4. The molecule has 1 aliphatic carbocycles. The Morgan fingerprint density at radius 1 is 1.38 bits per heavy atom. The van der Waals surface area contributed by atoms with Crippen molar-refractivity contribution < 1.29 is 18.7 Å². The molecular weight excluding hydrogens is 275 g/mol. The van der Waals surface area contributed by atoms with Gasteiger partial charge in [-0.05, 0) is 31.0 Å². The molecule has 3 N–H and O–H groups in total. The Morgan fingerprint density at radius 2 is 2.05 bits per heavy atom. The van der Waals surface area contributed by atoms with Crippen molar-refractivity contribution in [3.8, 4) is 0 Å². The third kappa shape index (κ3) is 3.05. The van der Waals surface area contributed by atoms with Crippen molar-refractivity contribution in [2.45, 2.75) is 25.7 Å². The van der Waals surface area contributed by atoms with E-state index in [9.17, 15) is 14.0 Å². The topological polar surface area (TPSA) is 81.4 Å². The van der Waals surface area contributed by atoms with Gasteiger partial charge in [-0.3, -0.25) is 4.79 Å². The predicted octanol–water partition coefficient (Wildman–Crippen LogP) is 2.07. The van der Waals surface area contributed by atoms with Gasteiger partial charge in [-0.15, -0.1) is 0 Å². The first-order valence-corrected chi connectivity index (χ1v) is 6.92. The second-order valence-corrected chi connectivity index (χ2v) is 5.33. The zero-order valence-corrected chi connectivity index (χ0v) is 11.9. The van der Waals surface area contributed by atoms with Gasteiger partial charge in [-0.25, -0.2) is 9.18 Å². The summed E-state index contributed by atoms with van der Waals surface area (Å²) in [6.07, 6.45) is 3.28. The minimum Gasteiger partial charge on any atom is -0.465 e. The van der Waals surface area contributed by atoms with E-state index in [-0.39, 0.29) is 23.7 Å². The van der Waals surface area contributed by atoms with E-state index in [2.05, 4.69) is 10.1 Å². The maximum atomic E-state index is 13.8. The standard InChI is InChI=1S/C15H19FN2O3/c1-21-13(19)10-4-5-11(16)12(8-10)18-14(20)15(9-17)6-2-3-7-15/h4-5,8H,2-3,6-7,9,17H2,1H3,(H,18,20). The molecule has 0 spiro atoms. The minimum absolute atomic E-state index is 0.0253. The number of carbonyl (C=O) groups excluding carboxylic acids is 2. The summed E-state index contributed by atoms with van der Waals surface area (Å²) in [4.78, 5) is 23.9. The zero-order chi connectivity index (χ0) is 15.5. The van der Waals surface area contributed by atoms with Gasteiger partial charge >= 0.3 is 5.97 Å². The minimum atomic E-state index is -0.631. The smallest absolute Gasteiger partial charge is 0.337 e. The number of anilines is 1. The highest BCUT2D eigenvalue weighted by molar-refractivity contribution is 5.97. The quantitative estimate of drug-likeness (QED) is 0.833. The second-order valence-electron chi connectivity index (χ2n) is 5.33. The van der Waals surface area contributed by atoms with Crippen LogP contribution in [0.5, 0.6) is 0 Å². The Labute approximate surface area is 122 Å². The highest BCUT2D eigenvalue weighted by atomic mass is 19.1. The Morgan fingerprint density at radius 3 is 2.62 bits per heavy atom. The van der Waals surface area contributed by atoms with E-state index < -0.39 is 17.2 Å². The number of halogens is 1. The lowest BCUT2D eigenvalue weighted by atomic mass is 9.85. The monoisotopic (exact) mass is 294 g/mol. The molecule has 0 atom stereocenters. The molecule has 1 saturated carbocycles. The van der Waals surface area contributed by atoms with Crippen LogP contribution in [0.15, 0.2) is 18.2 Å².